The van der Waals surface area contributed by atoms with E-state index in [9.17, 15) is 4.39 Å². The number of nitrogens with zero attached hydrogens (tertiary/aromatic N) is 1. The SMILES string of the molecule is Nc1ccc2c(c1)CCN2CC1Cc2cc(F)ccc2O1. The van der Waals surface area contributed by atoms with E-state index in [0.717, 1.165) is 42.9 Å². The van der Waals surface area contributed by atoms with Crippen molar-refractivity contribution >= 4 is 11.4 Å². The van der Waals surface area contributed by atoms with Crippen molar-refractivity contribution in [3.8, 4) is 5.75 Å². The van der Waals surface area contributed by atoms with Crippen LogP contribution in [0.1, 0.15) is 11.1 Å². The van der Waals surface area contributed by atoms with Gasteiger partial charge in [-0.15, -0.1) is 0 Å². The lowest BCUT2D eigenvalue weighted by Gasteiger charge is -2.23. The molecule has 3 nitrogen and oxygen atoms in total. The number of ether oxygens (including phenoxy) is 1. The predicted octanol–water partition coefficient (Wildman–Crippen LogP) is 2.77. The van der Waals surface area contributed by atoms with Gasteiger partial charge >= 0.3 is 0 Å². The first-order valence-corrected chi connectivity index (χ1v) is 7.27. The highest BCUT2D eigenvalue weighted by atomic mass is 19.1. The van der Waals surface area contributed by atoms with Crippen molar-refractivity contribution in [2.24, 2.45) is 0 Å². The average molecular weight is 284 g/mol. The minimum Gasteiger partial charge on any atom is -0.488 e. The summed E-state index contributed by atoms with van der Waals surface area (Å²) in [4.78, 5) is 2.33. The van der Waals surface area contributed by atoms with Crippen LogP contribution in [0.5, 0.6) is 5.75 Å². The highest BCUT2D eigenvalue weighted by Gasteiger charge is 2.28. The van der Waals surface area contributed by atoms with E-state index in [2.05, 4.69) is 17.0 Å². The van der Waals surface area contributed by atoms with Gasteiger partial charge in [-0.2, -0.15) is 0 Å². The molecule has 4 heteroatoms. The quantitative estimate of drug-likeness (QED) is 0.862. The highest BCUT2D eigenvalue weighted by molar-refractivity contribution is 5.63. The fourth-order valence-corrected chi connectivity index (χ4v) is 3.32. The molecule has 2 aromatic carbocycles. The van der Waals surface area contributed by atoms with Crippen LogP contribution in [0.4, 0.5) is 15.8 Å². The lowest BCUT2D eigenvalue weighted by molar-refractivity contribution is 0.238. The zero-order valence-electron chi connectivity index (χ0n) is 11.7. The highest BCUT2D eigenvalue weighted by Crippen LogP contribution is 2.33. The third-order valence-corrected chi connectivity index (χ3v) is 4.28. The molecule has 2 aliphatic rings. The largest absolute Gasteiger partial charge is 0.488 e. The molecule has 1 atom stereocenters. The van der Waals surface area contributed by atoms with Crippen molar-refractivity contribution in [2.45, 2.75) is 18.9 Å². The molecule has 2 aliphatic heterocycles. The Balaban J connectivity index is 1.50. The Morgan fingerprint density at radius 1 is 1.19 bits per heavy atom. The van der Waals surface area contributed by atoms with Crippen molar-refractivity contribution in [1.29, 1.82) is 0 Å². The monoisotopic (exact) mass is 284 g/mol. The number of hydrogen-bond donors (Lipinski definition) is 1. The van der Waals surface area contributed by atoms with Gasteiger partial charge in [0, 0.05) is 29.9 Å². The van der Waals surface area contributed by atoms with E-state index in [0.29, 0.717) is 0 Å². The first-order valence-electron chi connectivity index (χ1n) is 7.27. The third-order valence-electron chi connectivity index (χ3n) is 4.28. The van der Waals surface area contributed by atoms with Crippen LogP contribution < -0.4 is 15.4 Å². The predicted molar refractivity (Wildman–Crippen MR) is 81.3 cm³/mol. The Labute approximate surface area is 123 Å². The Morgan fingerprint density at radius 2 is 2.10 bits per heavy atom. The lowest BCUT2D eigenvalue weighted by Crippen LogP contribution is -2.33. The molecule has 4 rings (SSSR count). The van der Waals surface area contributed by atoms with Gasteiger partial charge in [-0.3, -0.25) is 0 Å². The Kier molecular flexibility index (Phi) is 2.77. The fourth-order valence-electron chi connectivity index (χ4n) is 3.32. The van der Waals surface area contributed by atoms with Gasteiger partial charge in [-0.05, 0) is 48.4 Å². The summed E-state index contributed by atoms with van der Waals surface area (Å²) in [5, 5.41) is 0. The molecule has 0 aromatic heterocycles. The maximum atomic E-state index is 13.3. The Hall–Kier alpha value is -2.23. The van der Waals surface area contributed by atoms with Crippen LogP contribution in [0.25, 0.3) is 0 Å². The summed E-state index contributed by atoms with van der Waals surface area (Å²) in [5.74, 6) is 0.623. The third kappa shape index (κ3) is 2.20. The van der Waals surface area contributed by atoms with Crippen molar-refractivity contribution in [1.82, 2.24) is 0 Å². The number of halogens is 1. The van der Waals surface area contributed by atoms with Crippen LogP contribution >= 0.6 is 0 Å². The summed E-state index contributed by atoms with van der Waals surface area (Å²) in [6, 6.07) is 10.8. The molecule has 2 aromatic rings. The summed E-state index contributed by atoms with van der Waals surface area (Å²) in [6.07, 6.45) is 1.88. The number of anilines is 2. The average Bonchev–Trinajstić information content (AvgIpc) is 3.02. The van der Waals surface area contributed by atoms with E-state index in [4.69, 9.17) is 10.5 Å². The second kappa shape index (κ2) is 4.65. The number of hydrogen-bond acceptors (Lipinski definition) is 3. The van der Waals surface area contributed by atoms with Crippen molar-refractivity contribution in [2.75, 3.05) is 23.7 Å². The van der Waals surface area contributed by atoms with Crippen LogP contribution in [0.3, 0.4) is 0 Å². The molecule has 0 amide bonds. The minimum atomic E-state index is -0.194. The Bertz CT molecular complexity index is 701. The molecule has 0 bridgehead atoms. The maximum absolute atomic E-state index is 13.3. The molecule has 2 N–H and O–H groups in total. The summed E-state index contributed by atoms with van der Waals surface area (Å²) >= 11 is 0. The van der Waals surface area contributed by atoms with Crippen molar-refractivity contribution < 1.29 is 9.13 Å². The molecule has 0 fully saturated rings. The van der Waals surface area contributed by atoms with Crippen LogP contribution in [0.2, 0.25) is 0 Å². The molecular formula is C17H17FN2O. The first-order chi connectivity index (χ1) is 10.2. The van der Waals surface area contributed by atoms with Gasteiger partial charge < -0.3 is 15.4 Å². The Morgan fingerprint density at radius 3 is 3.00 bits per heavy atom. The summed E-state index contributed by atoms with van der Waals surface area (Å²) in [5.41, 5.74) is 10.2. The summed E-state index contributed by atoms with van der Waals surface area (Å²) in [7, 11) is 0. The van der Waals surface area contributed by atoms with Crippen LogP contribution in [-0.2, 0) is 12.8 Å². The maximum Gasteiger partial charge on any atom is 0.123 e. The second-order valence-corrected chi connectivity index (χ2v) is 5.78. The van der Waals surface area contributed by atoms with Crippen LogP contribution in [0, 0.1) is 5.82 Å². The van der Waals surface area contributed by atoms with Gasteiger partial charge in [0.05, 0.1) is 6.54 Å². The van der Waals surface area contributed by atoms with E-state index >= 15 is 0 Å². The van der Waals surface area contributed by atoms with Crippen LogP contribution in [-0.4, -0.2) is 19.2 Å². The molecule has 108 valence electrons. The molecule has 0 radical (unpaired) electrons. The van der Waals surface area contributed by atoms with Gasteiger partial charge in [-0.25, -0.2) is 4.39 Å². The van der Waals surface area contributed by atoms with E-state index in [-0.39, 0.29) is 11.9 Å². The number of fused-ring (bicyclic) bond motifs is 2. The van der Waals surface area contributed by atoms with Gasteiger partial charge in [0.15, 0.2) is 0 Å². The molecule has 2 heterocycles. The topological polar surface area (TPSA) is 38.5 Å². The van der Waals surface area contributed by atoms with Gasteiger partial charge in [0.25, 0.3) is 0 Å². The molecule has 0 saturated heterocycles. The molecule has 0 saturated carbocycles. The number of rotatable bonds is 2. The minimum absolute atomic E-state index is 0.0882. The smallest absolute Gasteiger partial charge is 0.123 e. The summed E-state index contributed by atoms with van der Waals surface area (Å²) in [6.45, 7) is 1.82. The van der Waals surface area contributed by atoms with E-state index < -0.39 is 0 Å². The van der Waals surface area contributed by atoms with E-state index in [1.807, 2.05) is 6.07 Å². The van der Waals surface area contributed by atoms with Gasteiger partial charge in [0.1, 0.15) is 17.7 Å². The normalized spacial score (nSPS) is 19.3. The lowest BCUT2D eigenvalue weighted by atomic mass is 10.1. The summed E-state index contributed by atoms with van der Waals surface area (Å²) < 4.78 is 19.2. The zero-order chi connectivity index (χ0) is 14.4. The van der Waals surface area contributed by atoms with E-state index in [1.54, 1.807) is 12.1 Å². The molecule has 0 spiro atoms. The van der Waals surface area contributed by atoms with E-state index in [1.165, 1.54) is 17.3 Å². The zero-order valence-corrected chi connectivity index (χ0v) is 11.7. The number of nitrogen functional groups attached to an aromatic ring is 1. The fraction of sp³-hybridized carbons (Fsp3) is 0.294. The second-order valence-electron chi connectivity index (χ2n) is 5.78. The van der Waals surface area contributed by atoms with Crippen molar-refractivity contribution in [3.05, 3.63) is 53.3 Å². The number of nitrogens with two attached hydrogens (primary N) is 1. The first kappa shape index (κ1) is 12.5. The molecule has 21 heavy (non-hydrogen) atoms. The van der Waals surface area contributed by atoms with Crippen LogP contribution in [0.15, 0.2) is 36.4 Å². The standard InChI is InChI=1S/C17H17FN2O/c18-13-1-4-17-12(7-13)9-15(21-17)10-20-6-5-11-8-14(19)2-3-16(11)20/h1-4,7-8,15H,5-6,9-10,19H2. The molecule has 1 unspecified atom stereocenters. The van der Waals surface area contributed by atoms with Crippen molar-refractivity contribution in [3.63, 3.8) is 0 Å². The molecule has 0 aliphatic carbocycles. The molecular weight excluding hydrogens is 267 g/mol. The number of benzene rings is 2. The van der Waals surface area contributed by atoms with Gasteiger partial charge in [-0.1, -0.05) is 0 Å². The van der Waals surface area contributed by atoms with Gasteiger partial charge in [0.2, 0.25) is 0 Å².